The molecule has 0 aliphatic carbocycles. The van der Waals surface area contributed by atoms with E-state index in [9.17, 15) is 14.0 Å². The largest absolute Gasteiger partial charge is 0.371 e. The van der Waals surface area contributed by atoms with Gasteiger partial charge in [-0.1, -0.05) is 36.4 Å². The number of ketones is 1. The molecule has 1 amide bonds. The lowest BCUT2D eigenvalue weighted by Crippen LogP contribution is -2.49. The molecule has 1 N–H and O–H groups in total. The maximum absolute atomic E-state index is 13.8. The Morgan fingerprint density at radius 1 is 1.22 bits per heavy atom. The van der Waals surface area contributed by atoms with Crippen LogP contribution in [0.15, 0.2) is 48.5 Å². The average Bonchev–Trinajstić information content (AvgIpc) is 2.67. The number of hydrogen-bond donors (Lipinski definition) is 1. The SMILES string of the molecule is CC(=O)C[C@@H]1c2ccc(F)cc2NC(C)(C)C(=O)N1OCc1ccccc1. The molecule has 0 radical (unpaired) electrons. The highest BCUT2D eigenvalue weighted by Gasteiger charge is 2.42. The maximum Gasteiger partial charge on any atom is 0.271 e. The van der Waals surface area contributed by atoms with Gasteiger partial charge in [0.15, 0.2) is 0 Å². The van der Waals surface area contributed by atoms with Gasteiger partial charge in [0.25, 0.3) is 5.91 Å². The fourth-order valence-corrected chi connectivity index (χ4v) is 3.19. The minimum atomic E-state index is -1.02. The predicted molar refractivity (Wildman–Crippen MR) is 100 cm³/mol. The molecule has 0 unspecified atom stereocenters. The molecule has 0 aromatic heterocycles. The zero-order chi connectivity index (χ0) is 19.6. The molecule has 27 heavy (non-hydrogen) atoms. The van der Waals surface area contributed by atoms with Crippen LogP contribution < -0.4 is 5.32 Å². The quantitative estimate of drug-likeness (QED) is 0.864. The van der Waals surface area contributed by atoms with Gasteiger partial charge >= 0.3 is 0 Å². The number of benzene rings is 2. The molecule has 0 bridgehead atoms. The highest BCUT2D eigenvalue weighted by molar-refractivity contribution is 5.90. The fraction of sp³-hybridized carbons (Fsp3) is 0.333. The summed E-state index contributed by atoms with van der Waals surface area (Å²) in [4.78, 5) is 31.0. The smallest absolute Gasteiger partial charge is 0.271 e. The lowest BCUT2D eigenvalue weighted by molar-refractivity contribution is -0.210. The predicted octanol–water partition coefficient (Wildman–Crippen LogP) is 4.01. The first kappa shape index (κ1) is 19.0. The van der Waals surface area contributed by atoms with Crippen LogP contribution in [0.25, 0.3) is 0 Å². The van der Waals surface area contributed by atoms with Crippen LogP contribution in [0.2, 0.25) is 0 Å². The normalized spacial score (nSPS) is 18.4. The van der Waals surface area contributed by atoms with Crippen molar-refractivity contribution in [2.45, 2.75) is 45.4 Å². The standard InChI is InChI=1S/C21H23FN2O3/c1-14(25)11-19-17-10-9-16(22)12-18(17)23-21(2,3)20(26)24(19)27-13-15-7-5-4-6-8-15/h4-10,12,19,23H,11,13H2,1-3H3/t19-/m1/s1. The molecule has 1 aliphatic heterocycles. The molecule has 1 aliphatic rings. The lowest BCUT2D eigenvalue weighted by atomic mass is 10.00. The van der Waals surface area contributed by atoms with Crippen LogP contribution in [0.4, 0.5) is 10.1 Å². The molecule has 1 heterocycles. The van der Waals surface area contributed by atoms with E-state index in [4.69, 9.17) is 4.84 Å². The van der Waals surface area contributed by atoms with E-state index in [0.29, 0.717) is 11.3 Å². The number of amides is 1. The Hall–Kier alpha value is -2.73. The number of hydroxylamine groups is 2. The van der Waals surface area contributed by atoms with E-state index in [1.54, 1.807) is 19.9 Å². The number of Topliss-reactive ketones (excluding diaryl/α,β-unsaturated/α-hetero) is 1. The van der Waals surface area contributed by atoms with Crippen molar-refractivity contribution in [2.24, 2.45) is 0 Å². The summed E-state index contributed by atoms with van der Waals surface area (Å²) in [5.74, 6) is -0.817. The van der Waals surface area contributed by atoms with Crippen molar-refractivity contribution in [1.29, 1.82) is 0 Å². The highest BCUT2D eigenvalue weighted by atomic mass is 19.1. The third-order valence-corrected chi connectivity index (χ3v) is 4.53. The van der Waals surface area contributed by atoms with Gasteiger partial charge in [-0.05, 0) is 38.5 Å². The number of hydrogen-bond acceptors (Lipinski definition) is 4. The minimum Gasteiger partial charge on any atom is -0.371 e. The average molecular weight is 370 g/mol. The Morgan fingerprint density at radius 2 is 1.93 bits per heavy atom. The zero-order valence-electron chi connectivity index (χ0n) is 15.7. The number of nitrogens with zero attached hydrogens (tertiary/aromatic N) is 1. The maximum atomic E-state index is 13.8. The van der Waals surface area contributed by atoms with Crippen LogP contribution in [0.1, 0.15) is 44.4 Å². The third-order valence-electron chi connectivity index (χ3n) is 4.53. The molecular weight excluding hydrogens is 347 g/mol. The molecule has 0 spiro atoms. The topological polar surface area (TPSA) is 58.6 Å². The van der Waals surface area contributed by atoms with Gasteiger partial charge in [0.05, 0.1) is 6.04 Å². The minimum absolute atomic E-state index is 0.0803. The van der Waals surface area contributed by atoms with Crippen LogP contribution in [0, 0.1) is 5.82 Å². The summed E-state index contributed by atoms with van der Waals surface area (Å²) in [6.07, 6.45) is 0.0803. The summed E-state index contributed by atoms with van der Waals surface area (Å²) in [6.45, 7) is 5.07. The van der Waals surface area contributed by atoms with E-state index in [0.717, 1.165) is 5.56 Å². The van der Waals surface area contributed by atoms with Crippen LogP contribution in [-0.4, -0.2) is 22.3 Å². The second-order valence-electron chi connectivity index (χ2n) is 7.29. The van der Waals surface area contributed by atoms with Gasteiger partial charge in [0, 0.05) is 17.7 Å². The molecule has 0 saturated carbocycles. The van der Waals surface area contributed by atoms with E-state index in [-0.39, 0.29) is 24.7 Å². The van der Waals surface area contributed by atoms with Crippen molar-refractivity contribution < 1.29 is 18.8 Å². The van der Waals surface area contributed by atoms with Gasteiger partial charge in [-0.3, -0.25) is 14.4 Å². The van der Waals surface area contributed by atoms with Crippen molar-refractivity contribution in [1.82, 2.24) is 5.06 Å². The van der Waals surface area contributed by atoms with Gasteiger partial charge in [-0.25, -0.2) is 9.45 Å². The Morgan fingerprint density at radius 3 is 2.59 bits per heavy atom. The number of anilines is 1. The number of halogens is 1. The molecular formula is C21H23FN2O3. The second kappa shape index (κ2) is 7.48. The molecule has 2 aromatic rings. The molecule has 0 saturated heterocycles. The van der Waals surface area contributed by atoms with E-state index < -0.39 is 17.4 Å². The van der Waals surface area contributed by atoms with Crippen LogP contribution in [0.5, 0.6) is 0 Å². The first-order valence-corrected chi connectivity index (χ1v) is 8.85. The van der Waals surface area contributed by atoms with Crippen molar-refractivity contribution in [3.8, 4) is 0 Å². The first-order valence-electron chi connectivity index (χ1n) is 8.85. The van der Waals surface area contributed by atoms with Gasteiger partial charge in [0.2, 0.25) is 0 Å². The lowest BCUT2D eigenvalue weighted by Gasteiger charge is -2.32. The molecule has 5 nitrogen and oxygen atoms in total. The van der Waals surface area contributed by atoms with Crippen molar-refractivity contribution >= 4 is 17.4 Å². The van der Waals surface area contributed by atoms with E-state index in [1.165, 1.54) is 24.1 Å². The Bertz CT molecular complexity index is 852. The third kappa shape index (κ3) is 4.17. The zero-order valence-corrected chi connectivity index (χ0v) is 15.7. The molecule has 0 fully saturated rings. The van der Waals surface area contributed by atoms with E-state index >= 15 is 0 Å². The van der Waals surface area contributed by atoms with Gasteiger partial charge in [0.1, 0.15) is 23.7 Å². The van der Waals surface area contributed by atoms with E-state index in [1.807, 2.05) is 30.3 Å². The van der Waals surface area contributed by atoms with Crippen molar-refractivity contribution in [3.63, 3.8) is 0 Å². The highest BCUT2D eigenvalue weighted by Crippen LogP contribution is 2.38. The number of rotatable bonds is 5. The molecule has 142 valence electrons. The summed E-state index contributed by atoms with van der Waals surface area (Å²) in [5, 5.41) is 4.37. The van der Waals surface area contributed by atoms with Gasteiger partial charge in [-0.2, -0.15) is 0 Å². The Balaban J connectivity index is 2.01. The first-order chi connectivity index (χ1) is 12.8. The van der Waals surface area contributed by atoms with Crippen LogP contribution in [-0.2, 0) is 21.0 Å². The number of fused-ring (bicyclic) bond motifs is 1. The monoisotopic (exact) mass is 370 g/mol. The van der Waals surface area contributed by atoms with Crippen molar-refractivity contribution in [3.05, 3.63) is 65.5 Å². The number of carbonyl (C=O) groups is 2. The molecule has 1 atom stereocenters. The molecule has 3 rings (SSSR count). The summed E-state index contributed by atoms with van der Waals surface area (Å²) in [5.41, 5.74) is 1.02. The fourth-order valence-electron chi connectivity index (χ4n) is 3.19. The van der Waals surface area contributed by atoms with Crippen LogP contribution >= 0.6 is 0 Å². The number of nitrogens with one attached hydrogen (secondary N) is 1. The number of carbonyl (C=O) groups excluding carboxylic acids is 2. The van der Waals surface area contributed by atoms with Gasteiger partial charge < -0.3 is 5.32 Å². The molecule has 6 heteroatoms. The summed E-state index contributed by atoms with van der Waals surface area (Å²) >= 11 is 0. The molecule has 2 aromatic carbocycles. The second-order valence-corrected chi connectivity index (χ2v) is 7.29. The summed E-state index contributed by atoms with van der Waals surface area (Å²) in [7, 11) is 0. The Kier molecular flexibility index (Phi) is 5.28. The summed E-state index contributed by atoms with van der Waals surface area (Å²) in [6, 6.07) is 13.1. The summed E-state index contributed by atoms with van der Waals surface area (Å²) < 4.78 is 13.8. The van der Waals surface area contributed by atoms with Gasteiger partial charge in [-0.15, -0.1) is 0 Å². The van der Waals surface area contributed by atoms with E-state index in [2.05, 4.69) is 5.32 Å². The van der Waals surface area contributed by atoms with Crippen molar-refractivity contribution in [2.75, 3.05) is 5.32 Å². The van der Waals surface area contributed by atoms with Crippen LogP contribution in [0.3, 0.4) is 0 Å². The Labute approximate surface area is 158 Å².